The van der Waals surface area contributed by atoms with Crippen LogP contribution in [0.4, 0.5) is 4.79 Å². The SMILES string of the molecule is O=C(NCc1ccccc1)NCc1csc(Br)c1. The third-order valence-corrected chi connectivity index (χ3v) is 3.92. The molecule has 2 aromatic rings. The van der Waals surface area contributed by atoms with Crippen LogP contribution in [0, 0.1) is 0 Å². The normalized spacial score (nSPS) is 10.1. The fourth-order valence-corrected chi connectivity index (χ4v) is 2.67. The van der Waals surface area contributed by atoms with Gasteiger partial charge in [0, 0.05) is 13.1 Å². The van der Waals surface area contributed by atoms with Crippen molar-refractivity contribution in [3.8, 4) is 0 Å². The largest absolute Gasteiger partial charge is 0.334 e. The zero-order valence-corrected chi connectivity index (χ0v) is 12.1. The molecule has 0 radical (unpaired) electrons. The maximum atomic E-state index is 11.6. The van der Waals surface area contributed by atoms with E-state index in [0.29, 0.717) is 13.1 Å². The topological polar surface area (TPSA) is 41.1 Å². The molecular formula is C13H13BrN2OS. The Balaban J connectivity index is 1.73. The molecule has 0 unspecified atom stereocenters. The number of carbonyl (C=O) groups excluding carboxylic acids is 1. The van der Waals surface area contributed by atoms with E-state index in [0.717, 1.165) is 14.9 Å². The van der Waals surface area contributed by atoms with Crippen LogP contribution in [0.25, 0.3) is 0 Å². The van der Waals surface area contributed by atoms with Gasteiger partial charge in [-0.3, -0.25) is 0 Å². The second kappa shape index (κ2) is 6.56. The molecule has 0 bridgehead atoms. The molecule has 0 spiro atoms. The van der Waals surface area contributed by atoms with Gasteiger partial charge in [0.15, 0.2) is 0 Å². The summed E-state index contributed by atoms with van der Waals surface area (Å²) in [4.78, 5) is 11.6. The van der Waals surface area contributed by atoms with Crippen molar-refractivity contribution >= 4 is 33.3 Å². The van der Waals surface area contributed by atoms with Gasteiger partial charge in [-0.25, -0.2) is 4.79 Å². The second-order valence-corrected chi connectivity index (χ2v) is 6.07. The predicted octanol–water partition coefficient (Wildman–Crippen LogP) is 3.51. The Kier molecular flexibility index (Phi) is 4.78. The van der Waals surface area contributed by atoms with Gasteiger partial charge in [0.2, 0.25) is 0 Å². The van der Waals surface area contributed by atoms with Crippen LogP contribution in [0.15, 0.2) is 45.6 Å². The molecule has 94 valence electrons. The highest BCUT2D eigenvalue weighted by atomic mass is 79.9. The maximum Gasteiger partial charge on any atom is 0.315 e. The van der Waals surface area contributed by atoms with Gasteiger partial charge in [0.25, 0.3) is 0 Å². The first-order valence-corrected chi connectivity index (χ1v) is 7.20. The van der Waals surface area contributed by atoms with Gasteiger partial charge in [-0.15, -0.1) is 11.3 Å². The Morgan fingerprint density at radius 3 is 2.39 bits per heavy atom. The van der Waals surface area contributed by atoms with Gasteiger partial charge >= 0.3 is 6.03 Å². The fourth-order valence-electron chi connectivity index (χ4n) is 1.46. The summed E-state index contributed by atoms with van der Waals surface area (Å²) in [6.07, 6.45) is 0. The molecule has 0 saturated heterocycles. The van der Waals surface area contributed by atoms with E-state index in [-0.39, 0.29) is 6.03 Å². The van der Waals surface area contributed by atoms with E-state index >= 15 is 0 Å². The molecule has 0 fully saturated rings. The van der Waals surface area contributed by atoms with E-state index in [2.05, 4.69) is 26.6 Å². The average Bonchev–Trinajstić information content (AvgIpc) is 2.81. The number of hydrogen-bond donors (Lipinski definition) is 2. The number of rotatable bonds is 4. The summed E-state index contributed by atoms with van der Waals surface area (Å²) in [5, 5.41) is 7.65. The van der Waals surface area contributed by atoms with Crippen molar-refractivity contribution in [1.29, 1.82) is 0 Å². The smallest absolute Gasteiger partial charge is 0.315 e. The molecule has 1 aromatic carbocycles. The molecule has 5 heteroatoms. The molecule has 1 aromatic heterocycles. The summed E-state index contributed by atoms with van der Waals surface area (Å²) in [5.74, 6) is 0. The molecule has 3 nitrogen and oxygen atoms in total. The summed E-state index contributed by atoms with van der Waals surface area (Å²) in [5.41, 5.74) is 2.19. The first kappa shape index (κ1) is 13.1. The molecule has 0 aliphatic heterocycles. The number of hydrogen-bond acceptors (Lipinski definition) is 2. The summed E-state index contributed by atoms with van der Waals surface area (Å²) in [6, 6.07) is 11.7. The van der Waals surface area contributed by atoms with Gasteiger partial charge < -0.3 is 10.6 Å². The number of halogens is 1. The fraction of sp³-hybridized carbons (Fsp3) is 0.154. The maximum absolute atomic E-state index is 11.6. The molecule has 0 aliphatic carbocycles. The average molecular weight is 325 g/mol. The molecule has 2 rings (SSSR count). The van der Waals surface area contributed by atoms with Crippen molar-refractivity contribution in [1.82, 2.24) is 10.6 Å². The van der Waals surface area contributed by atoms with Gasteiger partial charge in [0.1, 0.15) is 0 Å². The number of benzene rings is 1. The summed E-state index contributed by atoms with van der Waals surface area (Å²) in [6.45, 7) is 1.09. The van der Waals surface area contributed by atoms with Crippen molar-refractivity contribution in [2.24, 2.45) is 0 Å². The summed E-state index contributed by atoms with van der Waals surface area (Å²) in [7, 11) is 0. The Morgan fingerprint density at radius 1 is 1.11 bits per heavy atom. The lowest BCUT2D eigenvalue weighted by atomic mass is 10.2. The summed E-state index contributed by atoms with van der Waals surface area (Å²) >= 11 is 5.00. The molecule has 18 heavy (non-hydrogen) atoms. The predicted molar refractivity (Wildman–Crippen MR) is 77.5 cm³/mol. The molecule has 2 N–H and O–H groups in total. The molecule has 0 saturated carbocycles. The van der Waals surface area contributed by atoms with Crippen molar-refractivity contribution in [3.63, 3.8) is 0 Å². The van der Waals surface area contributed by atoms with E-state index in [4.69, 9.17) is 0 Å². The van der Waals surface area contributed by atoms with E-state index in [9.17, 15) is 4.79 Å². The monoisotopic (exact) mass is 324 g/mol. The van der Waals surface area contributed by atoms with E-state index in [1.807, 2.05) is 41.8 Å². The second-order valence-electron chi connectivity index (χ2n) is 3.78. The van der Waals surface area contributed by atoms with E-state index < -0.39 is 0 Å². The third kappa shape index (κ3) is 4.16. The number of amides is 2. The van der Waals surface area contributed by atoms with Gasteiger partial charge in [-0.1, -0.05) is 30.3 Å². The standard InChI is InChI=1S/C13H13BrN2OS/c14-12-6-11(9-18-12)8-16-13(17)15-7-10-4-2-1-3-5-10/h1-6,9H,7-8H2,(H2,15,16,17). The van der Waals surface area contributed by atoms with Gasteiger partial charge in [-0.2, -0.15) is 0 Å². The van der Waals surface area contributed by atoms with Crippen LogP contribution >= 0.6 is 27.3 Å². The molecular weight excluding hydrogens is 312 g/mol. The number of urea groups is 1. The van der Waals surface area contributed by atoms with E-state index in [1.165, 1.54) is 0 Å². The zero-order chi connectivity index (χ0) is 12.8. The minimum atomic E-state index is -0.152. The molecule has 0 aliphatic rings. The van der Waals surface area contributed by atoms with Gasteiger partial charge in [-0.05, 0) is 38.5 Å². The third-order valence-electron chi connectivity index (χ3n) is 2.37. The Hall–Kier alpha value is -1.33. The Bertz CT molecular complexity index is 513. The van der Waals surface area contributed by atoms with Crippen LogP contribution in [0.1, 0.15) is 11.1 Å². The molecule has 0 atom stereocenters. The quantitative estimate of drug-likeness (QED) is 0.887. The van der Waals surface area contributed by atoms with Crippen molar-refractivity contribution in [2.45, 2.75) is 13.1 Å². The first-order chi connectivity index (χ1) is 8.74. The Morgan fingerprint density at radius 2 is 1.78 bits per heavy atom. The van der Waals surface area contributed by atoms with Crippen molar-refractivity contribution in [3.05, 3.63) is 56.7 Å². The molecule has 1 heterocycles. The minimum Gasteiger partial charge on any atom is -0.334 e. The Labute approximate surface area is 118 Å². The lowest BCUT2D eigenvalue weighted by molar-refractivity contribution is 0.240. The van der Waals surface area contributed by atoms with Crippen LogP contribution in [-0.4, -0.2) is 6.03 Å². The highest BCUT2D eigenvalue weighted by molar-refractivity contribution is 9.11. The first-order valence-electron chi connectivity index (χ1n) is 5.52. The lowest BCUT2D eigenvalue weighted by Crippen LogP contribution is -2.34. The van der Waals surface area contributed by atoms with E-state index in [1.54, 1.807) is 11.3 Å². The zero-order valence-electron chi connectivity index (χ0n) is 9.65. The van der Waals surface area contributed by atoms with Crippen molar-refractivity contribution < 1.29 is 4.79 Å². The highest BCUT2D eigenvalue weighted by Gasteiger charge is 2.01. The van der Waals surface area contributed by atoms with Gasteiger partial charge in [0.05, 0.1) is 3.79 Å². The van der Waals surface area contributed by atoms with Crippen LogP contribution in [0.3, 0.4) is 0 Å². The number of carbonyl (C=O) groups is 1. The van der Waals surface area contributed by atoms with Crippen LogP contribution < -0.4 is 10.6 Å². The number of thiophene rings is 1. The minimum absolute atomic E-state index is 0.152. The van der Waals surface area contributed by atoms with Crippen LogP contribution in [0.5, 0.6) is 0 Å². The summed E-state index contributed by atoms with van der Waals surface area (Å²) < 4.78 is 1.07. The van der Waals surface area contributed by atoms with Crippen molar-refractivity contribution in [2.75, 3.05) is 0 Å². The number of nitrogens with one attached hydrogen (secondary N) is 2. The molecule has 2 amide bonds. The highest BCUT2D eigenvalue weighted by Crippen LogP contribution is 2.20. The lowest BCUT2D eigenvalue weighted by Gasteiger charge is -2.06. The van der Waals surface area contributed by atoms with Crippen LogP contribution in [0.2, 0.25) is 0 Å². The van der Waals surface area contributed by atoms with Crippen LogP contribution in [-0.2, 0) is 13.1 Å².